The number of hydrogen-bond donors (Lipinski definition) is 5. The smallest absolute Gasteiger partial charge is 0.317 e. The monoisotopic (exact) mass is 1270 g/mol. The molecule has 0 unspecified atom stereocenters. The summed E-state index contributed by atoms with van der Waals surface area (Å²) in [5, 5.41) is 31.4. The fraction of sp³-hybridized carbons (Fsp3) is 0.587. The first-order chi connectivity index (χ1) is 43.5. The largest absolute Gasteiger partial charge is 0.391 e. The van der Waals surface area contributed by atoms with Gasteiger partial charge in [-0.15, -0.1) is 11.3 Å². The zero-order valence-corrected chi connectivity index (χ0v) is 53.0. The molecule has 90 heavy (non-hydrogen) atoms. The molecule has 0 bridgehead atoms. The van der Waals surface area contributed by atoms with Gasteiger partial charge < -0.3 is 69.5 Å². The Morgan fingerprint density at radius 2 is 1.54 bits per heavy atom. The van der Waals surface area contributed by atoms with E-state index in [1.165, 1.54) is 15.8 Å². The lowest BCUT2D eigenvalue weighted by Gasteiger charge is -2.35. The van der Waals surface area contributed by atoms with E-state index in [4.69, 9.17) is 33.5 Å². The van der Waals surface area contributed by atoms with E-state index in [2.05, 4.69) is 36.0 Å². The number of nitrogens with one attached hydrogen (secondary N) is 4. The first-order valence-corrected chi connectivity index (χ1v) is 32.0. The molecule has 4 aliphatic rings. The molecule has 9 rings (SSSR count). The number of fused-ring (bicyclic) bond motifs is 2. The quantitative estimate of drug-likeness (QED) is 0.0348. The number of hydrogen-bond acceptors (Lipinski definition) is 17. The van der Waals surface area contributed by atoms with Crippen molar-refractivity contribution in [3.05, 3.63) is 87.9 Å². The molecule has 5 aromatic rings. The summed E-state index contributed by atoms with van der Waals surface area (Å²) in [5.41, 5.74) is 8.28. The molecule has 7 heterocycles. The summed E-state index contributed by atoms with van der Waals surface area (Å²) in [6, 6.07) is 9.36. The molecule has 0 spiro atoms. The number of carbonyl (C=O) groups is 5. The van der Waals surface area contributed by atoms with Crippen LogP contribution >= 0.6 is 11.3 Å². The summed E-state index contributed by atoms with van der Waals surface area (Å²) in [6.45, 7) is 13.4. The van der Waals surface area contributed by atoms with Gasteiger partial charge in [-0.25, -0.2) is 18.6 Å². The van der Waals surface area contributed by atoms with Gasteiger partial charge in [-0.2, -0.15) is 10.2 Å². The third-order valence-corrected chi connectivity index (χ3v) is 17.4. The maximum atomic E-state index is 15.0. The van der Waals surface area contributed by atoms with Crippen LogP contribution in [0.15, 0.2) is 54.3 Å². The molecule has 3 atom stereocenters. The predicted molar refractivity (Wildman–Crippen MR) is 331 cm³/mol. The minimum Gasteiger partial charge on any atom is -0.391 e. The number of benzene rings is 2. The highest BCUT2D eigenvalue weighted by atomic mass is 32.1. The summed E-state index contributed by atoms with van der Waals surface area (Å²) < 4.78 is 67.2. The Balaban J connectivity index is 0.606. The number of carbonyl (C=O) groups excluding carboxylic acids is 5. The standard InChI is InChI=1S/C63H86F2N12O12S/c1-41-56(90-40-69-41)43-10-8-42(9-11-43)34-68-60(81)53-32-47(78)37-76(53)61(82)57(63(2,3)4)71-54(79)15-21-85-23-25-87-27-29-89-30-28-88-26-24-86-22-16-67-55(80)39-74-36-45(35-70-74)48-31-44-7-6-17-75(52(44)33-49(48)58(64)65)59-50-38-73(62(83)66-5)18-12-51(50)77(72-59)46-13-19-84-20-14-46/h8-11,31,33,35-36,40,46-47,53,57-58,78H,6-7,12-30,32,34,37-39H2,1-5H3,(H,66,83)(H,67,80)(H,68,81)(H,71,79)/t47-,53+,57-/m1/s1. The van der Waals surface area contributed by atoms with Crippen LogP contribution in [0, 0.1) is 12.3 Å². The third kappa shape index (κ3) is 17.7. The number of nitrogens with zero attached hydrogens (tertiary/aromatic N) is 8. The van der Waals surface area contributed by atoms with E-state index in [-0.39, 0.29) is 101 Å². The van der Waals surface area contributed by atoms with Crippen molar-refractivity contribution in [2.45, 2.75) is 123 Å². The molecular weight excluding hydrogens is 1190 g/mol. The Morgan fingerprint density at radius 3 is 2.20 bits per heavy atom. The van der Waals surface area contributed by atoms with Gasteiger partial charge in [0, 0.05) is 107 Å². The topological polar surface area (TPSA) is 267 Å². The Labute approximate surface area is 527 Å². The molecule has 3 aromatic heterocycles. The SMILES string of the molecule is CNC(=O)N1CCc2c(c(N3CCCc4cc(-c5cnn(CC(=O)NCCOCCOCCOCCOCCOCCC(=O)N[C@H](C(=O)N6C[C@H](O)C[C@H]6C(=O)NCc6ccc(-c7scnc7C)cc6)C(C)(C)C)c5)c(C(F)F)cc43)nn2C2CCOCC2)C1. The third-order valence-electron chi connectivity index (χ3n) is 16.5. The number of aliphatic hydroxyl groups excluding tert-OH is 1. The van der Waals surface area contributed by atoms with E-state index in [0.29, 0.717) is 108 Å². The first kappa shape index (κ1) is 67.4. The van der Waals surface area contributed by atoms with Crippen LogP contribution in [0.25, 0.3) is 21.6 Å². The molecular formula is C63H86F2N12O12S. The molecule has 490 valence electrons. The van der Waals surface area contributed by atoms with Crippen molar-refractivity contribution in [2.75, 3.05) is 117 Å². The first-order valence-electron chi connectivity index (χ1n) is 31.1. The van der Waals surface area contributed by atoms with Crippen molar-refractivity contribution in [3.63, 3.8) is 0 Å². The molecule has 2 saturated heterocycles. The molecule has 0 radical (unpaired) electrons. The van der Waals surface area contributed by atoms with E-state index in [1.807, 2.05) is 62.9 Å². The number of rotatable bonds is 30. The highest BCUT2D eigenvalue weighted by Gasteiger charge is 2.45. The molecule has 0 aliphatic carbocycles. The number of halogens is 2. The number of anilines is 2. The lowest BCUT2D eigenvalue weighted by Crippen LogP contribution is -2.57. The number of amides is 6. The summed E-state index contributed by atoms with van der Waals surface area (Å²) in [5.74, 6) is -0.819. The van der Waals surface area contributed by atoms with Crippen molar-refractivity contribution < 1.29 is 66.3 Å². The number of ether oxygens (including phenoxy) is 6. The maximum Gasteiger partial charge on any atom is 0.317 e. The van der Waals surface area contributed by atoms with Gasteiger partial charge in [-0.05, 0) is 72.4 Å². The van der Waals surface area contributed by atoms with E-state index in [1.54, 1.807) is 41.1 Å². The molecule has 5 N–H and O–H groups in total. The minimum absolute atomic E-state index is 0.00194. The van der Waals surface area contributed by atoms with E-state index in [0.717, 1.165) is 57.8 Å². The summed E-state index contributed by atoms with van der Waals surface area (Å²) in [6.07, 6.45) is 3.27. The fourth-order valence-corrected chi connectivity index (χ4v) is 12.5. The summed E-state index contributed by atoms with van der Waals surface area (Å²) >= 11 is 1.56. The van der Waals surface area contributed by atoms with Crippen molar-refractivity contribution >= 4 is 52.5 Å². The number of β-amino-alcohol motifs (C(OH)–C–C–N with tert-alkyl or cyclic N) is 1. The second kappa shape index (κ2) is 32.3. The average Bonchev–Trinajstić information content (AvgIpc) is 1.54. The van der Waals surface area contributed by atoms with Crippen molar-refractivity contribution in [3.8, 4) is 21.6 Å². The Kier molecular flexibility index (Phi) is 24.2. The summed E-state index contributed by atoms with van der Waals surface area (Å²) in [4.78, 5) is 76.7. The zero-order valence-electron chi connectivity index (χ0n) is 52.1. The van der Waals surface area contributed by atoms with E-state index < -0.39 is 35.9 Å². The Bertz CT molecular complexity index is 3200. The fourth-order valence-electron chi connectivity index (χ4n) is 11.7. The molecule has 2 fully saturated rings. The molecule has 0 saturated carbocycles. The van der Waals surface area contributed by atoms with Gasteiger partial charge >= 0.3 is 6.03 Å². The lowest BCUT2D eigenvalue weighted by molar-refractivity contribution is -0.144. The van der Waals surface area contributed by atoms with Crippen LogP contribution in [-0.4, -0.2) is 200 Å². The van der Waals surface area contributed by atoms with Crippen LogP contribution < -0.4 is 26.2 Å². The highest BCUT2D eigenvalue weighted by molar-refractivity contribution is 7.13. The number of alkyl halides is 2. The Morgan fingerprint density at radius 1 is 0.856 bits per heavy atom. The van der Waals surface area contributed by atoms with Gasteiger partial charge in [0.1, 0.15) is 18.6 Å². The normalized spacial score (nSPS) is 17.3. The molecule has 6 amide bonds. The van der Waals surface area contributed by atoms with Gasteiger partial charge in [0.05, 0.1) is 107 Å². The van der Waals surface area contributed by atoms with E-state index in [9.17, 15) is 29.1 Å². The van der Waals surface area contributed by atoms with E-state index >= 15 is 8.78 Å². The molecule has 24 nitrogen and oxygen atoms in total. The highest BCUT2D eigenvalue weighted by Crippen LogP contribution is 2.44. The van der Waals surface area contributed by atoms with Gasteiger partial charge in [0.25, 0.3) is 6.43 Å². The van der Waals surface area contributed by atoms with Crippen LogP contribution in [-0.2, 0) is 80.1 Å². The molecule has 27 heteroatoms. The van der Waals surface area contributed by atoms with Crippen LogP contribution in [0.4, 0.5) is 25.1 Å². The maximum absolute atomic E-state index is 15.0. The van der Waals surface area contributed by atoms with Crippen LogP contribution in [0.2, 0.25) is 0 Å². The minimum atomic E-state index is -2.79. The number of aliphatic hydroxyl groups is 1. The molecule has 2 aromatic carbocycles. The van der Waals surface area contributed by atoms with Crippen LogP contribution in [0.5, 0.6) is 0 Å². The van der Waals surface area contributed by atoms with Crippen LogP contribution in [0.3, 0.4) is 0 Å². The van der Waals surface area contributed by atoms with Crippen LogP contribution in [0.1, 0.15) is 99.0 Å². The Hall–Kier alpha value is -6.98. The average molecular weight is 1270 g/mol. The van der Waals surface area contributed by atoms with Gasteiger partial charge in [-0.1, -0.05) is 45.0 Å². The zero-order chi connectivity index (χ0) is 63.7. The second-order valence-corrected chi connectivity index (χ2v) is 24.8. The van der Waals surface area contributed by atoms with Crippen molar-refractivity contribution in [1.82, 2.24) is 55.6 Å². The van der Waals surface area contributed by atoms with Crippen molar-refractivity contribution in [2.24, 2.45) is 5.41 Å². The molecule has 4 aliphatic heterocycles. The second-order valence-electron chi connectivity index (χ2n) is 23.9. The predicted octanol–water partition coefficient (Wildman–Crippen LogP) is 5.65. The number of aromatic nitrogens is 5. The van der Waals surface area contributed by atoms with Gasteiger partial charge in [0.2, 0.25) is 23.6 Å². The lowest BCUT2D eigenvalue weighted by atomic mass is 9.85. The number of aryl methyl sites for hydroxylation is 2. The summed E-state index contributed by atoms with van der Waals surface area (Å²) in [7, 11) is 1.61. The number of thiazole rings is 1. The number of likely N-dealkylation sites (tertiary alicyclic amines) is 1. The van der Waals surface area contributed by atoms with Gasteiger partial charge in [-0.3, -0.25) is 28.5 Å². The number of urea groups is 1. The van der Waals surface area contributed by atoms with Gasteiger partial charge in [0.15, 0.2) is 5.82 Å². The van der Waals surface area contributed by atoms with Crippen molar-refractivity contribution in [1.29, 1.82) is 0 Å².